The Hall–Kier alpha value is -3.83. The van der Waals surface area contributed by atoms with Crippen molar-refractivity contribution in [2.45, 2.75) is 31.6 Å². The van der Waals surface area contributed by atoms with Gasteiger partial charge in [-0.05, 0) is 87.8 Å². The van der Waals surface area contributed by atoms with Crippen LogP contribution in [-0.4, -0.2) is 32.5 Å². The first-order chi connectivity index (χ1) is 20.2. The summed E-state index contributed by atoms with van der Waals surface area (Å²) in [5.74, 6) is 2.07. The van der Waals surface area contributed by atoms with Crippen molar-refractivity contribution in [3.05, 3.63) is 130 Å². The molecule has 2 atom stereocenters. The minimum absolute atomic E-state index is 0.353. The molecular formula is C36H35BrN2O2. The first-order valence-corrected chi connectivity index (χ1v) is 15.2. The second kappa shape index (κ2) is 12.4. The van der Waals surface area contributed by atoms with Crippen LogP contribution in [0, 0.1) is 0 Å². The fourth-order valence-electron chi connectivity index (χ4n) is 6.27. The molecule has 41 heavy (non-hydrogen) atoms. The lowest BCUT2D eigenvalue weighted by molar-refractivity contribution is 0.295. The van der Waals surface area contributed by atoms with Gasteiger partial charge in [0.05, 0.1) is 16.8 Å². The van der Waals surface area contributed by atoms with Crippen LogP contribution in [0.15, 0.2) is 107 Å². The van der Waals surface area contributed by atoms with Crippen LogP contribution in [0.3, 0.4) is 0 Å². The maximum Gasteiger partial charge on any atom is 0.175 e. The van der Waals surface area contributed by atoms with E-state index in [-0.39, 0.29) is 0 Å². The molecule has 2 heterocycles. The van der Waals surface area contributed by atoms with E-state index < -0.39 is 0 Å². The summed E-state index contributed by atoms with van der Waals surface area (Å²) in [4.78, 5) is 7.66. The van der Waals surface area contributed by atoms with Gasteiger partial charge in [0.2, 0.25) is 0 Å². The third-order valence-corrected chi connectivity index (χ3v) is 8.63. The van der Waals surface area contributed by atoms with Crippen molar-refractivity contribution in [1.29, 1.82) is 0 Å². The highest BCUT2D eigenvalue weighted by Gasteiger charge is 2.35. The molecule has 2 aliphatic heterocycles. The highest BCUT2D eigenvalue weighted by atomic mass is 79.9. The molecule has 0 saturated carbocycles. The summed E-state index contributed by atoms with van der Waals surface area (Å²) in [7, 11) is 0. The predicted octanol–water partition coefficient (Wildman–Crippen LogP) is 9.04. The molecule has 6 rings (SSSR count). The number of anilines is 1. The van der Waals surface area contributed by atoms with Crippen LogP contribution >= 0.6 is 15.9 Å². The average molecular weight is 608 g/mol. The van der Waals surface area contributed by atoms with E-state index in [9.17, 15) is 0 Å². The van der Waals surface area contributed by atoms with Gasteiger partial charge in [-0.3, -0.25) is 4.99 Å². The number of ether oxygens (including phenoxy) is 2. The molecule has 0 spiro atoms. The van der Waals surface area contributed by atoms with Gasteiger partial charge in [0.25, 0.3) is 0 Å². The van der Waals surface area contributed by atoms with E-state index in [1.54, 1.807) is 6.08 Å². The fraction of sp³-hybridized carbons (Fsp3) is 0.250. The van der Waals surface area contributed by atoms with Crippen molar-refractivity contribution in [3.8, 4) is 11.5 Å². The van der Waals surface area contributed by atoms with Crippen molar-refractivity contribution >= 4 is 33.5 Å². The molecule has 2 aliphatic rings. The van der Waals surface area contributed by atoms with E-state index in [2.05, 4.69) is 100 Å². The van der Waals surface area contributed by atoms with Gasteiger partial charge >= 0.3 is 0 Å². The monoisotopic (exact) mass is 606 g/mol. The molecule has 0 radical (unpaired) electrons. The third kappa shape index (κ3) is 5.69. The Morgan fingerprint density at radius 2 is 1.49 bits per heavy atom. The van der Waals surface area contributed by atoms with Crippen molar-refractivity contribution in [2.24, 2.45) is 4.99 Å². The van der Waals surface area contributed by atoms with Crippen molar-refractivity contribution < 1.29 is 9.47 Å². The Morgan fingerprint density at radius 3 is 2.05 bits per heavy atom. The number of rotatable bonds is 9. The Balaban J connectivity index is 1.44. The molecule has 0 N–H and O–H groups in total. The Morgan fingerprint density at radius 1 is 0.878 bits per heavy atom. The Kier molecular flexibility index (Phi) is 8.24. The summed E-state index contributed by atoms with van der Waals surface area (Å²) >= 11 is 3.67. The standard InChI is InChI=1S/C36H35BrN2O2/c1-3-19-41-36-33(37)20-25(21-34(36)40-4-2)24-38-28-22-31-29(26-11-7-5-8-12-26)15-17-39-18-16-30(32(23-28)35(31)39)27-13-9-6-10-14-27/h3,5-14,20-24,29-30H,1,4,15-19H2,2H3/t29-,30+. The smallest absolute Gasteiger partial charge is 0.175 e. The van der Waals surface area contributed by atoms with Crippen LogP contribution in [0.2, 0.25) is 0 Å². The van der Waals surface area contributed by atoms with Crippen LogP contribution in [0.5, 0.6) is 11.5 Å². The molecule has 0 saturated heterocycles. The summed E-state index contributed by atoms with van der Waals surface area (Å²) in [6.07, 6.45) is 5.87. The summed E-state index contributed by atoms with van der Waals surface area (Å²) in [5, 5.41) is 0. The van der Waals surface area contributed by atoms with Crippen LogP contribution in [-0.2, 0) is 0 Å². The Bertz CT molecular complexity index is 1480. The van der Waals surface area contributed by atoms with Crippen LogP contribution in [0.25, 0.3) is 0 Å². The van der Waals surface area contributed by atoms with Gasteiger partial charge in [0.1, 0.15) is 6.61 Å². The number of nitrogens with zero attached hydrogens (tertiary/aromatic N) is 2. The second-order valence-electron chi connectivity index (χ2n) is 10.6. The summed E-state index contributed by atoms with van der Waals surface area (Å²) in [6, 6.07) is 30.5. The number of benzene rings is 4. The number of aliphatic imine (C=N–C) groups is 1. The zero-order valence-corrected chi connectivity index (χ0v) is 25.0. The lowest BCUT2D eigenvalue weighted by atomic mass is 9.76. The van der Waals surface area contributed by atoms with Gasteiger partial charge in [0.15, 0.2) is 11.5 Å². The van der Waals surface area contributed by atoms with E-state index in [0.29, 0.717) is 36.5 Å². The van der Waals surface area contributed by atoms with Gasteiger partial charge in [-0.2, -0.15) is 0 Å². The van der Waals surface area contributed by atoms with Crippen molar-refractivity contribution in [2.75, 3.05) is 31.2 Å². The van der Waals surface area contributed by atoms with Crippen molar-refractivity contribution in [1.82, 2.24) is 0 Å². The highest BCUT2D eigenvalue weighted by Crippen LogP contribution is 2.50. The molecule has 0 fully saturated rings. The molecule has 0 aromatic heterocycles. The number of hydrogen-bond donors (Lipinski definition) is 0. The maximum atomic E-state index is 5.91. The van der Waals surface area contributed by atoms with Gasteiger partial charge in [0, 0.05) is 36.8 Å². The van der Waals surface area contributed by atoms with Crippen molar-refractivity contribution in [3.63, 3.8) is 0 Å². The Labute approximate surface area is 251 Å². The molecular weight excluding hydrogens is 572 g/mol. The number of hydrogen-bond acceptors (Lipinski definition) is 4. The molecule has 5 heteroatoms. The maximum absolute atomic E-state index is 5.91. The quantitative estimate of drug-likeness (QED) is 0.141. The molecule has 208 valence electrons. The lowest BCUT2D eigenvalue weighted by Crippen LogP contribution is -2.37. The predicted molar refractivity (Wildman–Crippen MR) is 173 cm³/mol. The van der Waals surface area contributed by atoms with Gasteiger partial charge in [-0.25, -0.2) is 0 Å². The zero-order valence-electron chi connectivity index (χ0n) is 23.4. The van der Waals surface area contributed by atoms with E-state index in [1.165, 1.54) is 27.9 Å². The molecule has 0 amide bonds. The van der Waals surface area contributed by atoms with E-state index in [4.69, 9.17) is 14.5 Å². The lowest BCUT2D eigenvalue weighted by Gasteiger charge is -2.43. The summed E-state index contributed by atoms with van der Waals surface area (Å²) in [5.41, 5.74) is 8.85. The minimum atomic E-state index is 0.353. The fourth-order valence-corrected chi connectivity index (χ4v) is 6.85. The first kappa shape index (κ1) is 27.3. The van der Waals surface area contributed by atoms with Crippen LogP contribution in [0.4, 0.5) is 11.4 Å². The van der Waals surface area contributed by atoms with E-state index in [0.717, 1.165) is 41.7 Å². The molecule has 0 unspecified atom stereocenters. The molecule has 4 aromatic carbocycles. The topological polar surface area (TPSA) is 34.1 Å². The third-order valence-electron chi connectivity index (χ3n) is 8.04. The zero-order chi connectivity index (χ0) is 28.2. The van der Waals surface area contributed by atoms with Crippen LogP contribution < -0.4 is 14.4 Å². The van der Waals surface area contributed by atoms with Gasteiger partial charge < -0.3 is 14.4 Å². The molecule has 4 nitrogen and oxygen atoms in total. The van der Waals surface area contributed by atoms with Gasteiger partial charge in [-0.1, -0.05) is 73.3 Å². The summed E-state index contributed by atoms with van der Waals surface area (Å²) in [6.45, 7) is 8.85. The second-order valence-corrected chi connectivity index (χ2v) is 11.4. The van der Waals surface area contributed by atoms with Crippen LogP contribution in [0.1, 0.15) is 59.4 Å². The largest absolute Gasteiger partial charge is 0.490 e. The van der Waals surface area contributed by atoms with E-state index in [1.807, 2.05) is 25.3 Å². The van der Waals surface area contributed by atoms with Gasteiger partial charge in [-0.15, -0.1) is 0 Å². The SMILES string of the molecule is C=CCOc1c(Br)cc(C=Nc2cc3c4c(c2)[C@H](c2ccccc2)CCN4CC[C@@H]3c2ccccc2)cc1OCC. The normalized spacial score (nSPS) is 17.8. The summed E-state index contributed by atoms with van der Waals surface area (Å²) < 4.78 is 12.6. The molecule has 4 aromatic rings. The highest BCUT2D eigenvalue weighted by molar-refractivity contribution is 9.10. The number of halogens is 1. The van der Waals surface area contributed by atoms with E-state index >= 15 is 0 Å². The average Bonchev–Trinajstić information content (AvgIpc) is 3.01. The minimum Gasteiger partial charge on any atom is -0.490 e. The molecule has 0 bridgehead atoms. The first-order valence-electron chi connectivity index (χ1n) is 14.4. The molecule has 0 aliphatic carbocycles.